The Morgan fingerprint density at radius 2 is 1.73 bits per heavy atom. The van der Waals surface area contributed by atoms with Crippen LogP contribution in [0.25, 0.3) is 0 Å². The Kier molecular flexibility index (Phi) is 5.88. The van der Waals surface area contributed by atoms with Gasteiger partial charge in [-0.1, -0.05) is 26.7 Å². The topological polar surface area (TPSA) is 46.5 Å². The largest absolute Gasteiger partial charge is 0.466 e. The third kappa shape index (κ3) is 3.49. The SMILES string of the molecule is CCOC(=O)C(C)(C)C(O)C(CC)CC. The van der Waals surface area contributed by atoms with E-state index >= 15 is 0 Å². The lowest BCUT2D eigenvalue weighted by Crippen LogP contribution is -2.42. The second-order valence-corrected chi connectivity index (χ2v) is 4.46. The van der Waals surface area contributed by atoms with E-state index in [1.165, 1.54) is 0 Å². The molecular formula is C12H24O3. The number of hydrogen-bond acceptors (Lipinski definition) is 3. The third-order valence-electron chi connectivity index (χ3n) is 3.04. The van der Waals surface area contributed by atoms with E-state index in [0.717, 1.165) is 12.8 Å². The van der Waals surface area contributed by atoms with E-state index < -0.39 is 11.5 Å². The lowest BCUT2D eigenvalue weighted by Gasteiger charge is -2.33. The van der Waals surface area contributed by atoms with Gasteiger partial charge in [0.2, 0.25) is 0 Å². The average Bonchev–Trinajstić information content (AvgIpc) is 2.19. The molecular weight excluding hydrogens is 192 g/mol. The molecule has 1 atom stereocenters. The number of esters is 1. The Labute approximate surface area is 92.8 Å². The van der Waals surface area contributed by atoms with Crippen molar-refractivity contribution < 1.29 is 14.6 Å². The highest BCUT2D eigenvalue weighted by Crippen LogP contribution is 2.30. The van der Waals surface area contributed by atoms with Crippen LogP contribution in [0.2, 0.25) is 0 Å². The summed E-state index contributed by atoms with van der Waals surface area (Å²) in [6, 6.07) is 0. The molecule has 0 spiro atoms. The Morgan fingerprint density at radius 1 is 1.27 bits per heavy atom. The van der Waals surface area contributed by atoms with Gasteiger partial charge in [-0.15, -0.1) is 0 Å². The van der Waals surface area contributed by atoms with Crippen molar-refractivity contribution in [2.45, 2.75) is 53.6 Å². The number of ether oxygens (including phenoxy) is 1. The molecule has 0 aliphatic carbocycles. The Balaban J connectivity index is 4.61. The molecule has 1 unspecified atom stereocenters. The normalized spacial score (nSPS) is 14.1. The minimum Gasteiger partial charge on any atom is -0.466 e. The second kappa shape index (κ2) is 6.11. The van der Waals surface area contributed by atoms with Gasteiger partial charge in [0, 0.05) is 0 Å². The average molecular weight is 216 g/mol. The van der Waals surface area contributed by atoms with E-state index in [0.29, 0.717) is 6.61 Å². The van der Waals surface area contributed by atoms with Crippen LogP contribution in [-0.4, -0.2) is 23.8 Å². The molecule has 0 amide bonds. The molecule has 1 N–H and O–H groups in total. The zero-order valence-corrected chi connectivity index (χ0v) is 10.5. The molecule has 0 rings (SSSR count). The van der Waals surface area contributed by atoms with Crippen molar-refractivity contribution in [2.24, 2.45) is 11.3 Å². The molecule has 0 radical (unpaired) electrons. The van der Waals surface area contributed by atoms with Crippen molar-refractivity contribution in [3.05, 3.63) is 0 Å². The predicted octanol–water partition coefficient (Wildman–Crippen LogP) is 2.37. The number of carbonyl (C=O) groups excluding carboxylic acids is 1. The van der Waals surface area contributed by atoms with Crippen LogP contribution < -0.4 is 0 Å². The fraction of sp³-hybridized carbons (Fsp3) is 0.917. The van der Waals surface area contributed by atoms with Gasteiger partial charge >= 0.3 is 5.97 Å². The Morgan fingerprint density at radius 3 is 2.07 bits per heavy atom. The van der Waals surface area contributed by atoms with Crippen LogP contribution in [0.3, 0.4) is 0 Å². The number of aliphatic hydroxyl groups is 1. The van der Waals surface area contributed by atoms with Crippen LogP contribution in [0.15, 0.2) is 0 Å². The summed E-state index contributed by atoms with van der Waals surface area (Å²) in [5, 5.41) is 10.1. The Hall–Kier alpha value is -0.570. The maximum absolute atomic E-state index is 11.7. The van der Waals surface area contributed by atoms with Crippen LogP contribution >= 0.6 is 0 Å². The van der Waals surface area contributed by atoms with Crippen LogP contribution in [0.4, 0.5) is 0 Å². The van der Waals surface area contributed by atoms with Gasteiger partial charge in [-0.3, -0.25) is 4.79 Å². The zero-order chi connectivity index (χ0) is 12.1. The summed E-state index contributed by atoms with van der Waals surface area (Å²) in [6.07, 6.45) is 1.12. The maximum atomic E-state index is 11.7. The summed E-state index contributed by atoms with van der Waals surface area (Å²) < 4.78 is 4.97. The molecule has 0 aromatic heterocycles. The van der Waals surface area contributed by atoms with E-state index in [9.17, 15) is 9.90 Å². The Bertz CT molecular complexity index is 195. The van der Waals surface area contributed by atoms with E-state index in [2.05, 4.69) is 0 Å². The van der Waals surface area contributed by atoms with E-state index in [4.69, 9.17) is 4.74 Å². The quantitative estimate of drug-likeness (QED) is 0.693. The van der Waals surface area contributed by atoms with Gasteiger partial charge in [0.15, 0.2) is 0 Å². The lowest BCUT2D eigenvalue weighted by atomic mass is 9.77. The first-order valence-electron chi connectivity index (χ1n) is 5.76. The molecule has 0 aromatic carbocycles. The van der Waals surface area contributed by atoms with Crippen LogP contribution in [0.5, 0.6) is 0 Å². The molecule has 0 fully saturated rings. The first-order chi connectivity index (χ1) is 6.91. The molecule has 0 aromatic rings. The fourth-order valence-corrected chi connectivity index (χ4v) is 1.76. The van der Waals surface area contributed by atoms with Gasteiger partial charge < -0.3 is 9.84 Å². The van der Waals surface area contributed by atoms with Crippen LogP contribution in [0.1, 0.15) is 47.5 Å². The summed E-state index contributed by atoms with van der Waals surface area (Å²) in [7, 11) is 0. The van der Waals surface area contributed by atoms with Gasteiger partial charge in [0.25, 0.3) is 0 Å². The summed E-state index contributed by atoms with van der Waals surface area (Å²) in [5.74, 6) is -0.159. The van der Waals surface area contributed by atoms with Crippen molar-refractivity contribution >= 4 is 5.97 Å². The summed E-state index contributed by atoms with van der Waals surface area (Å²) >= 11 is 0. The number of carbonyl (C=O) groups is 1. The maximum Gasteiger partial charge on any atom is 0.314 e. The van der Waals surface area contributed by atoms with Crippen molar-refractivity contribution in [1.29, 1.82) is 0 Å². The second-order valence-electron chi connectivity index (χ2n) is 4.46. The van der Waals surface area contributed by atoms with Gasteiger partial charge in [0.1, 0.15) is 0 Å². The smallest absolute Gasteiger partial charge is 0.314 e. The number of rotatable bonds is 6. The molecule has 0 aliphatic heterocycles. The predicted molar refractivity (Wildman–Crippen MR) is 60.5 cm³/mol. The van der Waals surface area contributed by atoms with Crippen molar-refractivity contribution in [1.82, 2.24) is 0 Å². The molecule has 90 valence electrons. The molecule has 3 heteroatoms. The van der Waals surface area contributed by atoms with E-state index in [1.54, 1.807) is 20.8 Å². The minimum absolute atomic E-state index is 0.157. The fourth-order valence-electron chi connectivity index (χ4n) is 1.76. The van der Waals surface area contributed by atoms with Crippen molar-refractivity contribution in [3.8, 4) is 0 Å². The van der Waals surface area contributed by atoms with E-state index in [1.807, 2.05) is 13.8 Å². The molecule has 0 saturated carbocycles. The molecule has 3 nitrogen and oxygen atoms in total. The third-order valence-corrected chi connectivity index (χ3v) is 3.04. The zero-order valence-electron chi connectivity index (χ0n) is 10.5. The highest BCUT2D eigenvalue weighted by Gasteiger charge is 2.40. The van der Waals surface area contributed by atoms with Gasteiger partial charge in [0.05, 0.1) is 18.1 Å². The first-order valence-corrected chi connectivity index (χ1v) is 5.76. The summed E-state index contributed by atoms with van der Waals surface area (Å²) in [6.45, 7) is 9.68. The van der Waals surface area contributed by atoms with E-state index in [-0.39, 0.29) is 11.9 Å². The standard InChI is InChI=1S/C12H24O3/c1-6-9(7-2)10(13)12(4,5)11(14)15-8-3/h9-10,13H,6-8H2,1-5H3. The van der Waals surface area contributed by atoms with Crippen LogP contribution in [-0.2, 0) is 9.53 Å². The van der Waals surface area contributed by atoms with Gasteiger partial charge in [-0.25, -0.2) is 0 Å². The molecule has 0 bridgehead atoms. The number of hydrogen-bond donors (Lipinski definition) is 1. The van der Waals surface area contributed by atoms with Gasteiger partial charge in [-0.05, 0) is 26.7 Å². The molecule has 0 heterocycles. The first kappa shape index (κ1) is 14.4. The summed E-state index contributed by atoms with van der Waals surface area (Å²) in [5.41, 5.74) is -0.813. The molecule has 0 saturated heterocycles. The number of aliphatic hydroxyl groups excluding tert-OH is 1. The minimum atomic E-state index is -0.813. The van der Waals surface area contributed by atoms with Crippen molar-refractivity contribution in [3.63, 3.8) is 0 Å². The molecule has 0 aliphatic rings. The van der Waals surface area contributed by atoms with Crippen molar-refractivity contribution in [2.75, 3.05) is 6.61 Å². The lowest BCUT2D eigenvalue weighted by molar-refractivity contribution is -0.162. The van der Waals surface area contributed by atoms with Gasteiger partial charge in [-0.2, -0.15) is 0 Å². The highest BCUT2D eigenvalue weighted by molar-refractivity contribution is 5.76. The highest BCUT2D eigenvalue weighted by atomic mass is 16.5. The summed E-state index contributed by atoms with van der Waals surface area (Å²) in [4.78, 5) is 11.7. The van der Waals surface area contributed by atoms with Crippen LogP contribution in [0, 0.1) is 11.3 Å². The molecule has 15 heavy (non-hydrogen) atoms. The monoisotopic (exact) mass is 216 g/mol.